The van der Waals surface area contributed by atoms with E-state index in [1.807, 2.05) is 12.1 Å². The average molecular weight is 746 g/mol. The van der Waals surface area contributed by atoms with E-state index in [-0.39, 0.29) is 12.3 Å². The molecule has 0 saturated heterocycles. The summed E-state index contributed by atoms with van der Waals surface area (Å²) in [6.07, 6.45) is 4.08. The molecule has 8 aromatic carbocycles. The summed E-state index contributed by atoms with van der Waals surface area (Å²) in [5.41, 5.74) is 14.8. The molecule has 2 aliphatic rings. The Balaban J connectivity index is 1.03. The Bertz CT molecular complexity index is 3020. The first-order chi connectivity index (χ1) is 28.7. The molecule has 0 fully saturated rings. The quantitative estimate of drug-likeness (QED) is 0.178. The van der Waals surface area contributed by atoms with Gasteiger partial charge in [-0.05, 0) is 81.9 Å². The fourth-order valence-electron chi connectivity index (χ4n) is 8.61. The van der Waals surface area contributed by atoms with Crippen molar-refractivity contribution in [3.8, 4) is 16.8 Å². The lowest BCUT2D eigenvalue weighted by molar-refractivity contribution is 0.409. The predicted octanol–water partition coefficient (Wildman–Crippen LogP) is 12.7. The van der Waals surface area contributed by atoms with E-state index in [0.717, 1.165) is 62.0 Å². The van der Waals surface area contributed by atoms with E-state index in [1.165, 1.54) is 27.4 Å². The zero-order valence-electron chi connectivity index (χ0n) is 31.7. The SMILES string of the molecule is C1=Cc2ccc(-c3ccc4c5ccccc5n(-c5ccccc5)c4c3)cc2N(c2cccc(C3NC(c4ccccc4)=NC(c4ccccc4)N3)c2)c2ccccc21. The molecular formula is C53H39N5. The maximum atomic E-state index is 5.15. The van der Waals surface area contributed by atoms with Crippen LogP contribution in [0.4, 0.5) is 17.1 Å². The number of fused-ring (bicyclic) bond motifs is 5. The van der Waals surface area contributed by atoms with Crippen LogP contribution < -0.4 is 15.5 Å². The minimum atomic E-state index is -0.212. The van der Waals surface area contributed by atoms with E-state index in [0.29, 0.717) is 0 Å². The highest BCUT2D eigenvalue weighted by Crippen LogP contribution is 2.45. The van der Waals surface area contributed by atoms with E-state index >= 15 is 0 Å². The van der Waals surface area contributed by atoms with E-state index in [4.69, 9.17) is 4.99 Å². The number of anilines is 3. The van der Waals surface area contributed by atoms with Gasteiger partial charge in [0.2, 0.25) is 0 Å². The lowest BCUT2D eigenvalue weighted by atomic mass is 9.99. The lowest BCUT2D eigenvalue weighted by Gasteiger charge is -2.33. The van der Waals surface area contributed by atoms with Gasteiger partial charge >= 0.3 is 0 Å². The molecule has 9 aromatic rings. The summed E-state index contributed by atoms with van der Waals surface area (Å²) >= 11 is 0. The second kappa shape index (κ2) is 14.2. The van der Waals surface area contributed by atoms with Gasteiger partial charge in [-0.25, -0.2) is 4.99 Å². The number of para-hydroxylation sites is 3. The van der Waals surface area contributed by atoms with Crippen LogP contribution in [0.25, 0.3) is 50.8 Å². The van der Waals surface area contributed by atoms with E-state index in [2.05, 4.69) is 220 Å². The highest BCUT2D eigenvalue weighted by molar-refractivity contribution is 6.10. The number of aliphatic imine (C=N–C) groups is 1. The number of nitrogens with one attached hydrogen (secondary N) is 2. The van der Waals surface area contributed by atoms with Gasteiger partial charge in [-0.2, -0.15) is 0 Å². The molecule has 0 amide bonds. The minimum Gasteiger partial charge on any atom is -0.350 e. The minimum absolute atomic E-state index is 0.188. The maximum Gasteiger partial charge on any atom is 0.131 e. The summed E-state index contributed by atoms with van der Waals surface area (Å²) in [4.78, 5) is 7.57. The van der Waals surface area contributed by atoms with Crippen LogP contribution in [0.2, 0.25) is 0 Å². The van der Waals surface area contributed by atoms with Crippen molar-refractivity contribution in [2.45, 2.75) is 12.3 Å². The molecule has 2 aliphatic heterocycles. The molecule has 0 aliphatic carbocycles. The molecule has 2 atom stereocenters. The van der Waals surface area contributed by atoms with Crippen molar-refractivity contribution < 1.29 is 0 Å². The van der Waals surface area contributed by atoms with Gasteiger partial charge in [0, 0.05) is 27.7 Å². The van der Waals surface area contributed by atoms with Crippen molar-refractivity contribution in [1.82, 2.24) is 15.2 Å². The first-order valence-corrected chi connectivity index (χ1v) is 19.9. The molecule has 0 radical (unpaired) electrons. The van der Waals surface area contributed by atoms with Gasteiger partial charge in [0.25, 0.3) is 0 Å². The molecule has 2 unspecified atom stereocenters. The fourth-order valence-corrected chi connectivity index (χ4v) is 8.61. The molecule has 5 heteroatoms. The molecule has 5 nitrogen and oxygen atoms in total. The average Bonchev–Trinajstić information content (AvgIpc) is 3.53. The standard InChI is InChI=1S/C53H39N5/c1-4-16-38(17-5-1)51-54-52(39-18-6-2-7-19-39)56-53(55-51)42-20-14-23-44(33-42)58-47-25-12-10-15-36(47)27-28-37-29-30-40(34-49(37)58)41-31-32-46-45-24-11-13-26-48(45)57(50(46)35-41)43-21-8-3-9-22-43/h1-35,51,53,55H,(H,54,56). The van der Waals surface area contributed by atoms with Gasteiger partial charge < -0.3 is 14.8 Å². The summed E-state index contributed by atoms with van der Waals surface area (Å²) in [6, 6.07) is 71.6. The van der Waals surface area contributed by atoms with E-state index in [1.54, 1.807) is 0 Å². The zero-order chi connectivity index (χ0) is 38.4. The van der Waals surface area contributed by atoms with Crippen molar-refractivity contribution in [2.24, 2.45) is 4.99 Å². The lowest BCUT2D eigenvalue weighted by Crippen LogP contribution is -2.45. The van der Waals surface area contributed by atoms with Crippen LogP contribution in [0.15, 0.2) is 205 Å². The summed E-state index contributed by atoms with van der Waals surface area (Å²) in [6.45, 7) is 0. The molecule has 58 heavy (non-hydrogen) atoms. The number of rotatable bonds is 6. The van der Waals surface area contributed by atoms with Crippen LogP contribution in [-0.2, 0) is 0 Å². The van der Waals surface area contributed by atoms with Gasteiger partial charge in [-0.1, -0.05) is 164 Å². The Morgan fingerprint density at radius 3 is 1.91 bits per heavy atom. The number of nitrogens with zero attached hydrogens (tertiary/aromatic N) is 3. The van der Waals surface area contributed by atoms with Crippen LogP contribution in [-0.4, -0.2) is 10.4 Å². The summed E-state index contributed by atoms with van der Waals surface area (Å²) in [5, 5.41) is 10.0. The van der Waals surface area contributed by atoms with Crippen molar-refractivity contribution >= 4 is 56.9 Å². The molecule has 276 valence electrons. The first kappa shape index (κ1) is 33.8. The number of amidine groups is 1. The van der Waals surface area contributed by atoms with Crippen LogP contribution in [0.3, 0.4) is 0 Å². The molecule has 3 heterocycles. The van der Waals surface area contributed by atoms with Crippen molar-refractivity contribution in [3.63, 3.8) is 0 Å². The second-order valence-corrected chi connectivity index (χ2v) is 14.9. The third-order valence-electron chi connectivity index (χ3n) is 11.4. The second-order valence-electron chi connectivity index (χ2n) is 14.9. The third kappa shape index (κ3) is 5.97. The van der Waals surface area contributed by atoms with Gasteiger partial charge in [-0.3, -0.25) is 5.32 Å². The number of hydrogen-bond acceptors (Lipinski definition) is 4. The normalized spacial score (nSPS) is 16.0. The van der Waals surface area contributed by atoms with Gasteiger partial charge in [-0.15, -0.1) is 0 Å². The Hall–Kier alpha value is -7.47. The first-order valence-electron chi connectivity index (χ1n) is 19.9. The van der Waals surface area contributed by atoms with Crippen LogP contribution >= 0.6 is 0 Å². The molecule has 0 spiro atoms. The maximum absolute atomic E-state index is 5.15. The van der Waals surface area contributed by atoms with Crippen molar-refractivity contribution in [3.05, 3.63) is 228 Å². The fraction of sp³-hybridized carbons (Fsp3) is 0.0377. The van der Waals surface area contributed by atoms with Crippen LogP contribution in [0.5, 0.6) is 0 Å². The monoisotopic (exact) mass is 745 g/mol. The number of hydrogen-bond donors (Lipinski definition) is 2. The Kier molecular flexibility index (Phi) is 8.30. The summed E-state index contributed by atoms with van der Waals surface area (Å²) < 4.78 is 2.39. The largest absolute Gasteiger partial charge is 0.350 e. The molecular weight excluding hydrogens is 707 g/mol. The predicted molar refractivity (Wildman–Crippen MR) is 241 cm³/mol. The molecule has 0 saturated carbocycles. The highest BCUT2D eigenvalue weighted by atomic mass is 15.3. The van der Waals surface area contributed by atoms with E-state index < -0.39 is 0 Å². The van der Waals surface area contributed by atoms with Crippen LogP contribution in [0.1, 0.15) is 40.1 Å². The van der Waals surface area contributed by atoms with Crippen LogP contribution in [0, 0.1) is 0 Å². The molecule has 0 bridgehead atoms. The van der Waals surface area contributed by atoms with Gasteiger partial charge in [0.05, 0.1) is 22.4 Å². The Morgan fingerprint density at radius 2 is 1.07 bits per heavy atom. The van der Waals surface area contributed by atoms with E-state index in [9.17, 15) is 0 Å². The highest BCUT2D eigenvalue weighted by Gasteiger charge is 2.27. The zero-order valence-corrected chi connectivity index (χ0v) is 31.7. The Labute approximate surface area is 337 Å². The topological polar surface area (TPSA) is 44.6 Å². The van der Waals surface area contributed by atoms with Gasteiger partial charge in [0.1, 0.15) is 18.2 Å². The van der Waals surface area contributed by atoms with Crippen molar-refractivity contribution in [1.29, 1.82) is 0 Å². The van der Waals surface area contributed by atoms with Crippen molar-refractivity contribution in [2.75, 3.05) is 4.90 Å². The molecule has 11 rings (SSSR count). The van der Waals surface area contributed by atoms with Gasteiger partial charge in [0.15, 0.2) is 0 Å². The number of aromatic nitrogens is 1. The third-order valence-corrected chi connectivity index (χ3v) is 11.4. The smallest absolute Gasteiger partial charge is 0.131 e. The molecule has 1 aromatic heterocycles. The summed E-state index contributed by atoms with van der Waals surface area (Å²) in [7, 11) is 0. The molecule has 2 N–H and O–H groups in total. The number of benzene rings is 8. The Morgan fingerprint density at radius 1 is 0.431 bits per heavy atom. The summed E-state index contributed by atoms with van der Waals surface area (Å²) in [5.74, 6) is 0.867.